The van der Waals surface area contributed by atoms with Gasteiger partial charge in [-0.05, 0) is 18.6 Å². The van der Waals surface area contributed by atoms with Crippen molar-refractivity contribution < 1.29 is 15.0 Å². The maximum Gasteiger partial charge on any atom is 0.165 e. The number of benzene rings is 1. The number of carbonyl (C=O) groups excluding carboxylic acids is 1. The zero-order valence-corrected chi connectivity index (χ0v) is 7.90. The molecule has 0 heterocycles. The van der Waals surface area contributed by atoms with Crippen LogP contribution in [0.2, 0.25) is 0 Å². The Morgan fingerprint density at radius 1 is 1.36 bits per heavy atom. The van der Waals surface area contributed by atoms with Crippen molar-refractivity contribution in [3.63, 3.8) is 0 Å². The van der Waals surface area contributed by atoms with E-state index in [0.29, 0.717) is 11.1 Å². The number of aryl methyl sites for hydroxylation is 1. The summed E-state index contributed by atoms with van der Waals surface area (Å²) in [5.41, 5.74) is 2.07. The molecule has 1 aromatic carbocycles. The van der Waals surface area contributed by atoms with Gasteiger partial charge in [-0.2, -0.15) is 0 Å². The number of aliphatic hydroxyl groups is 2. The minimum atomic E-state index is -0.960. The van der Waals surface area contributed by atoms with Gasteiger partial charge < -0.3 is 10.2 Å². The van der Waals surface area contributed by atoms with Gasteiger partial charge in [-0.15, -0.1) is 0 Å². The molecule has 0 unspecified atom stereocenters. The number of ketones is 1. The van der Waals surface area contributed by atoms with E-state index < -0.39 is 12.2 Å². The van der Waals surface area contributed by atoms with Gasteiger partial charge in [0, 0.05) is 12.0 Å². The smallest absolute Gasteiger partial charge is 0.165 e. The van der Waals surface area contributed by atoms with Gasteiger partial charge >= 0.3 is 0 Å². The average Bonchev–Trinajstić information content (AvgIpc) is 2.14. The van der Waals surface area contributed by atoms with Crippen LogP contribution in [-0.2, 0) is 0 Å². The first-order valence-electron chi connectivity index (χ1n) is 4.59. The minimum absolute atomic E-state index is 0.0115. The van der Waals surface area contributed by atoms with Crippen LogP contribution in [0.25, 0.3) is 0 Å². The van der Waals surface area contributed by atoms with E-state index in [-0.39, 0.29) is 12.2 Å². The highest BCUT2D eigenvalue weighted by Crippen LogP contribution is 2.30. The zero-order valence-electron chi connectivity index (χ0n) is 7.90. The van der Waals surface area contributed by atoms with E-state index in [1.807, 2.05) is 13.0 Å². The van der Waals surface area contributed by atoms with Gasteiger partial charge in [0.05, 0.1) is 6.10 Å². The van der Waals surface area contributed by atoms with Crippen molar-refractivity contribution in [1.82, 2.24) is 0 Å². The van der Waals surface area contributed by atoms with Crippen molar-refractivity contribution in [3.05, 3.63) is 34.9 Å². The molecular formula is C11H12O3. The second-order valence-corrected chi connectivity index (χ2v) is 3.73. The fourth-order valence-corrected chi connectivity index (χ4v) is 1.79. The lowest BCUT2D eigenvalue weighted by Crippen LogP contribution is -2.29. The highest BCUT2D eigenvalue weighted by Gasteiger charge is 2.31. The quantitative estimate of drug-likeness (QED) is 0.644. The van der Waals surface area contributed by atoms with Crippen LogP contribution in [0.4, 0.5) is 0 Å². The number of fused-ring (bicyclic) bond motifs is 1. The van der Waals surface area contributed by atoms with E-state index in [1.165, 1.54) is 0 Å². The summed E-state index contributed by atoms with van der Waals surface area (Å²) in [7, 11) is 0. The Kier molecular flexibility index (Phi) is 2.13. The SMILES string of the molecule is Cc1ccc2c(c1)C(=O)C[C@H](O)[C@H]2O. The number of aliphatic hydroxyl groups excluding tert-OH is 2. The molecule has 0 spiro atoms. The van der Waals surface area contributed by atoms with Crippen molar-refractivity contribution in [2.45, 2.75) is 25.6 Å². The molecule has 14 heavy (non-hydrogen) atoms. The van der Waals surface area contributed by atoms with E-state index >= 15 is 0 Å². The van der Waals surface area contributed by atoms with Gasteiger partial charge in [-0.1, -0.05) is 17.7 Å². The van der Waals surface area contributed by atoms with Crippen LogP contribution in [0.15, 0.2) is 18.2 Å². The third kappa shape index (κ3) is 1.35. The summed E-state index contributed by atoms with van der Waals surface area (Å²) in [4.78, 5) is 11.5. The molecule has 1 aromatic rings. The third-order valence-corrected chi connectivity index (χ3v) is 2.59. The Morgan fingerprint density at radius 2 is 2.07 bits per heavy atom. The number of Topliss-reactive ketones (excluding diaryl/α,β-unsaturated/α-hetero) is 1. The largest absolute Gasteiger partial charge is 0.390 e. The molecule has 0 fully saturated rings. The number of hydrogen-bond donors (Lipinski definition) is 2. The molecule has 0 radical (unpaired) electrons. The monoisotopic (exact) mass is 192 g/mol. The first-order valence-corrected chi connectivity index (χ1v) is 4.59. The summed E-state index contributed by atoms with van der Waals surface area (Å²) in [6, 6.07) is 5.29. The minimum Gasteiger partial charge on any atom is -0.390 e. The standard InChI is InChI=1S/C11H12O3/c1-6-2-3-7-8(4-6)9(12)5-10(13)11(7)14/h2-4,10-11,13-14H,5H2,1H3/t10-,11-/m0/s1. The van der Waals surface area contributed by atoms with Gasteiger partial charge in [0.15, 0.2) is 5.78 Å². The average molecular weight is 192 g/mol. The van der Waals surface area contributed by atoms with Crippen LogP contribution in [-0.4, -0.2) is 22.1 Å². The second-order valence-electron chi connectivity index (χ2n) is 3.73. The van der Waals surface area contributed by atoms with E-state index in [4.69, 9.17) is 0 Å². The van der Waals surface area contributed by atoms with Gasteiger partial charge in [-0.3, -0.25) is 4.79 Å². The van der Waals surface area contributed by atoms with Crippen LogP contribution in [0.3, 0.4) is 0 Å². The van der Waals surface area contributed by atoms with Gasteiger partial charge in [0.1, 0.15) is 6.10 Å². The molecule has 1 aliphatic rings. The Balaban J connectivity index is 2.56. The third-order valence-electron chi connectivity index (χ3n) is 2.59. The first kappa shape index (κ1) is 9.37. The molecule has 3 nitrogen and oxygen atoms in total. The first-order chi connectivity index (χ1) is 6.59. The van der Waals surface area contributed by atoms with Crippen molar-refractivity contribution in [1.29, 1.82) is 0 Å². The highest BCUT2D eigenvalue weighted by molar-refractivity contribution is 5.99. The van der Waals surface area contributed by atoms with Gasteiger partial charge in [0.2, 0.25) is 0 Å². The van der Waals surface area contributed by atoms with E-state index in [0.717, 1.165) is 5.56 Å². The molecule has 0 bridgehead atoms. The fraction of sp³-hybridized carbons (Fsp3) is 0.364. The molecule has 0 amide bonds. The van der Waals surface area contributed by atoms with Crippen molar-refractivity contribution in [2.24, 2.45) is 0 Å². The van der Waals surface area contributed by atoms with Gasteiger partial charge in [0.25, 0.3) is 0 Å². The fourth-order valence-electron chi connectivity index (χ4n) is 1.79. The molecular weight excluding hydrogens is 180 g/mol. The second kappa shape index (κ2) is 3.19. The number of rotatable bonds is 0. The summed E-state index contributed by atoms with van der Waals surface area (Å²) in [5, 5.41) is 19.0. The summed E-state index contributed by atoms with van der Waals surface area (Å²) in [6.45, 7) is 1.89. The van der Waals surface area contributed by atoms with Crippen LogP contribution in [0.5, 0.6) is 0 Å². The van der Waals surface area contributed by atoms with Crippen molar-refractivity contribution in [2.75, 3.05) is 0 Å². The molecule has 1 aliphatic carbocycles. The van der Waals surface area contributed by atoms with Crippen molar-refractivity contribution in [3.8, 4) is 0 Å². The van der Waals surface area contributed by atoms with Crippen LogP contribution >= 0.6 is 0 Å². The maximum absolute atomic E-state index is 11.5. The van der Waals surface area contributed by atoms with E-state index in [1.54, 1.807) is 12.1 Å². The topological polar surface area (TPSA) is 57.5 Å². The van der Waals surface area contributed by atoms with Gasteiger partial charge in [-0.25, -0.2) is 0 Å². The summed E-state index contributed by atoms with van der Waals surface area (Å²) in [5.74, 6) is -0.0958. The zero-order chi connectivity index (χ0) is 10.3. The predicted molar refractivity (Wildman–Crippen MR) is 51.1 cm³/mol. The Bertz CT molecular complexity index is 384. The molecule has 2 N–H and O–H groups in total. The molecule has 74 valence electrons. The van der Waals surface area contributed by atoms with E-state index in [9.17, 15) is 15.0 Å². The molecule has 2 atom stereocenters. The number of hydrogen-bond acceptors (Lipinski definition) is 3. The normalized spacial score (nSPS) is 26.1. The Hall–Kier alpha value is -1.19. The maximum atomic E-state index is 11.5. The summed E-state index contributed by atoms with van der Waals surface area (Å²) < 4.78 is 0. The molecule has 0 aliphatic heterocycles. The number of carbonyl (C=O) groups is 1. The van der Waals surface area contributed by atoms with Crippen LogP contribution in [0, 0.1) is 6.92 Å². The van der Waals surface area contributed by atoms with E-state index in [2.05, 4.69) is 0 Å². The Labute approximate surface area is 82.0 Å². The molecule has 3 heteroatoms. The predicted octanol–water partition coefficient (Wildman–Crippen LogP) is 0.976. The lowest BCUT2D eigenvalue weighted by molar-refractivity contribution is 0.00871. The lowest BCUT2D eigenvalue weighted by atomic mass is 9.86. The molecule has 2 rings (SSSR count). The molecule has 0 saturated carbocycles. The highest BCUT2D eigenvalue weighted by atomic mass is 16.3. The van der Waals surface area contributed by atoms with Crippen LogP contribution < -0.4 is 0 Å². The van der Waals surface area contributed by atoms with Crippen LogP contribution in [0.1, 0.15) is 34.0 Å². The Morgan fingerprint density at radius 3 is 2.79 bits per heavy atom. The lowest BCUT2D eigenvalue weighted by Gasteiger charge is -2.25. The summed E-state index contributed by atoms with van der Waals surface area (Å²) in [6.07, 6.45) is -1.88. The summed E-state index contributed by atoms with van der Waals surface area (Å²) >= 11 is 0. The van der Waals surface area contributed by atoms with Crippen molar-refractivity contribution >= 4 is 5.78 Å². The molecule has 0 saturated heterocycles. The molecule has 0 aromatic heterocycles.